The van der Waals surface area contributed by atoms with Crippen LogP contribution in [-0.2, 0) is 4.79 Å². The van der Waals surface area contributed by atoms with Crippen LogP contribution in [-0.4, -0.2) is 26.2 Å². The highest BCUT2D eigenvalue weighted by atomic mass is 16.1. The van der Waals surface area contributed by atoms with Gasteiger partial charge in [-0.1, -0.05) is 12.1 Å². The lowest BCUT2D eigenvalue weighted by Gasteiger charge is -2.00. The highest BCUT2D eigenvalue weighted by Gasteiger charge is 2.15. The Balaban J connectivity index is 2.19. The number of imidazole rings is 1. The Morgan fingerprint density at radius 3 is 2.21 bits per heavy atom. The van der Waals surface area contributed by atoms with Crippen LogP contribution in [0.25, 0.3) is 22.8 Å². The number of aromatic nitrogens is 4. The number of rotatable bonds is 3. The molecule has 0 atom stereocenters. The van der Waals surface area contributed by atoms with Crippen LogP contribution >= 0.6 is 0 Å². The number of nitrogens with zero attached hydrogens (tertiary/aromatic N) is 3. The van der Waals surface area contributed by atoms with Crippen LogP contribution in [0, 0.1) is 0 Å². The van der Waals surface area contributed by atoms with Gasteiger partial charge in [0.2, 0.25) is 0 Å². The summed E-state index contributed by atoms with van der Waals surface area (Å²) in [5, 5.41) is 0. The van der Waals surface area contributed by atoms with Gasteiger partial charge in [-0.05, 0) is 24.3 Å². The number of aromatic amines is 1. The van der Waals surface area contributed by atoms with E-state index in [2.05, 4.69) is 19.9 Å². The first-order chi connectivity index (χ1) is 9.38. The third kappa shape index (κ3) is 2.13. The molecule has 0 amide bonds. The van der Waals surface area contributed by atoms with E-state index in [0.717, 1.165) is 0 Å². The van der Waals surface area contributed by atoms with Crippen LogP contribution in [0.1, 0.15) is 5.82 Å². The molecule has 0 aliphatic heterocycles. The van der Waals surface area contributed by atoms with Gasteiger partial charge in [-0.2, -0.15) is 0 Å². The molecule has 19 heavy (non-hydrogen) atoms. The molecule has 0 aromatic carbocycles. The zero-order chi connectivity index (χ0) is 13.1. The molecule has 1 radical (unpaired) electrons. The fourth-order valence-corrected chi connectivity index (χ4v) is 1.81. The predicted octanol–water partition coefficient (Wildman–Crippen LogP) is 1.99. The molecular formula is C14H9N4O. The molecule has 3 rings (SSSR count). The van der Waals surface area contributed by atoms with E-state index >= 15 is 0 Å². The molecule has 1 N–H and O–H groups in total. The molecule has 3 aromatic rings. The summed E-state index contributed by atoms with van der Waals surface area (Å²) in [5.74, 6) is 0.140. The zero-order valence-electron chi connectivity index (χ0n) is 9.87. The smallest absolute Gasteiger partial charge is 0.271 e. The van der Waals surface area contributed by atoms with Gasteiger partial charge in [0.25, 0.3) is 6.29 Å². The molecule has 0 saturated carbocycles. The Labute approximate surface area is 109 Å². The molecule has 0 fully saturated rings. The summed E-state index contributed by atoms with van der Waals surface area (Å²) >= 11 is 0. The average molecular weight is 249 g/mol. The molecule has 3 heterocycles. The fraction of sp³-hybridized carbons (Fsp3) is 0. The number of carbonyl (C=O) groups excluding carboxylic acids is 1. The summed E-state index contributed by atoms with van der Waals surface area (Å²) < 4.78 is 0. The minimum absolute atomic E-state index is 0.140. The summed E-state index contributed by atoms with van der Waals surface area (Å²) in [7, 11) is 0. The van der Waals surface area contributed by atoms with Crippen molar-refractivity contribution in [1.29, 1.82) is 0 Å². The van der Waals surface area contributed by atoms with Gasteiger partial charge < -0.3 is 4.98 Å². The summed E-state index contributed by atoms with van der Waals surface area (Å²) in [6.45, 7) is 0. The number of hydrogen-bond donors (Lipinski definition) is 1. The molecule has 0 bridgehead atoms. The van der Waals surface area contributed by atoms with Gasteiger partial charge >= 0.3 is 0 Å². The molecule has 91 valence electrons. The number of pyridine rings is 2. The second-order valence-corrected chi connectivity index (χ2v) is 3.84. The lowest BCUT2D eigenvalue weighted by molar-refractivity contribution is 0.560. The lowest BCUT2D eigenvalue weighted by atomic mass is 10.2. The SMILES string of the molecule is O=[C]c1nc(-c2ccccn2)c(-c2ccccn2)[nH]1. The molecule has 0 aliphatic rings. The highest BCUT2D eigenvalue weighted by Crippen LogP contribution is 2.26. The van der Waals surface area contributed by atoms with Crippen molar-refractivity contribution in [2.45, 2.75) is 0 Å². The minimum Gasteiger partial charge on any atom is -0.333 e. The number of nitrogens with one attached hydrogen (secondary N) is 1. The first kappa shape index (κ1) is 11.3. The van der Waals surface area contributed by atoms with Crippen LogP contribution in [0.15, 0.2) is 48.8 Å². The largest absolute Gasteiger partial charge is 0.333 e. The van der Waals surface area contributed by atoms with E-state index in [1.165, 1.54) is 0 Å². The zero-order valence-corrected chi connectivity index (χ0v) is 9.87. The molecule has 3 aromatic heterocycles. The molecule has 5 nitrogen and oxygen atoms in total. The van der Waals surface area contributed by atoms with Gasteiger partial charge in [-0.25, -0.2) is 4.98 Å². The Morgan fingerprint density at radius 2 is 1.63 bits per heavy atom. The Hall–Kier alpha value is -2.82. The van der Waals surface area contributed by atoms with Crippen molar-refractivity contribution < 1.29 is 4.79 Å². The maximum Gasteiger partial charge on any atom is 0.271 e. The molecule has 0 saturated heterocycles. The van der Waals surface area contributed by atoms with E-state index in [-0.39, 0.29) is 5.82 Å². The normalized spacial score (nSPS) is 10.3. The van der Waals surface area contributed by atoms with Crippen molar-refractivity contribution in [2.24, 2.45) is 0 Å². The molecule has 0 aliphatic carbocycles. The van der Waals surface area contributed by atoms with Crippen molar-refractivity contribution in [3.8, 4) is 22.8 Å². The van der Waals surface area contributed by atoms with Crippen LogP contribution in [0.2, 0.25) is 0 Å². The number of H-pyrrole nitrogens is 1. The van der Waals surface area contributed by atoms with E-state index in [1.807, 2.05) is 36.4 Å². The van der Waals surface area contributed by atoms with Gasteiger partial charge in [-0.15, -0.1) is 0 Å². The fourth-order valence-electron chi connectivity index (χ4n) is 1.81. The summed E-state index contributed by atoms with van der Waals surface area (Å²) in [5.41, 5.74) is 2.65. The third-order valence-corrected chi connectivity index (χ3v) is 2.63. The summed E-state index contributed by atoms with van der Waals surface area (Å²) in [6.07, 6.45) is 5.12. The second-order valence-electron chi connectivity index (χ2n) is 3.84. The number of hydrogen-bond acceptors (Lipinski definition) is 4. The maximum absolute atomic E-state index is 10.8. The molecular weight excluding hydrogens is 240 g/mol. The topological polar surface area (TPSA) is 71.5 Å². The highest BCUT2D eigenvalue weighted by molar-refractivity contribution is 5.80. The van der Waals surface area contributed by atoms with Crippen LogP contribution in [0.4, 0.5) is 0 Å². The standard InChI is InChI=1S/C14H9N4O/c19-9-12-17-13(10-5-1-3-7-15-10)14(18-12)11-6-2-4-8-16-11/h1-8H,(H,17,18). The van der Waals surface area contributed by atoms with Gasteiger partial charge in [0.05, 0.1) is 17.1 Å². The Kier molecular flexibility index (Phi) is 2.86. The monoisotopic (exact) mass is 249 g/mol. The Morgan fingerprint density at radius 1 is 0.947 bits per heavy atom. The van der Waals surface area contributed by atoms with E-state index in [9.17, 15) is 4.79 Å². The van der Waals surface area contributed by atoms with Crippen LogP contribution in [0.5, 0.6) is 0 Å². The third-order valence-electron chi connectivity index (χ3n) is 2.63. The Bertz CT molecular complexity index is 635. The van der Waals surface area contributed by atoms with E-state index in [1.54, 1.807) is 18.7 Å². The summed E-state index contributed by atoms with van der Waals surface area (Å²) in [6, 6.07) is 11.1. The lowest BCUT2D eigenvalue weighted by Crippen LogP contribution is -1.88. The molecule has 5 heteroatoms. The predicted molar refractivity (Wildman–Crippen MR) is 69.8 cm³/mol. The molecule has 0 unspecified atom stereocenters. The second kappa shape index (κ2) is 4.81. The molecule has 0 spiro atoms. The van der Waals surface area contributed by atoms with Gasteiger partial charge in [0.1, 0.15) is 5.69 Å². The van der Waals surface area contributed by atoms with Crippen molar-refractivity contribution in [1.82, 2.24) is 19.9 Å². The minimum atomic E-state index is 0.140. The van der Waals surface area contributed by atoms with Crippen LogP contribution < -0.4 is 0 Å². The van der Waals surface area contributed by atoms with Crippen molar-refractivity contribution in [2.75, 3.05) is 0 Å². The van der Waals surface area contributed by atoms with E-state index in [4.69, 9.17) is 0 Å². The van der Waals surface area contributed by atoms with Gasteiger partial charge in [0, 0.05) is 12.4 Å². The van der Waals surface area contributed by atoms with Crippen molar-refractivity contribution >= 4 is 6.29 Å². The van der Waals surface area contributed by atoms with E-state index in [0.29, 0.717) is 22.8 Å². The van der Waals surface area contributed by atoms with Gasteiger partial charge in [0.15, 0.2) is 5.82 Å². The van der Waals surface area contributed by atoms with Crippen molar-refractivity contribution in [3.05, 3.63) is 54.6 Å². The van der Waals surface area contributed by atoms with Gasteiger partial charge in [-0.3, -0.25) is 14.8 Å². The summed E-state index contributed by atoms with van der Waals surface area (Å²) in [4.78, 5) is 26.4. The van der Waals surface area contributed by atoms with Crippen molar-refractivity contribution in [3.63, 3.8) is 0 Å². The first-order valence-electron chi connectivity index (χ1n) is 5.69. The first-order valence-corrected chi connectivity index (χ1v) is 5.69. The van der Waals surface area contributed by atoms with Crippen LogP contribution in [0.3, 0.4) is 0 Å². The average Bonchev–Trinajstić information content (AvgIpc) is 2.93. The quantitative estimate of drug-likeness (QED) is 0.770. The van der Waals surface area contributed by atoms with E-state index < -0.39 is 0 Å². The maximum atomic E-state index is 10.8.